The summed E-state index contributed by atoms with van der Waals surface area (Å²) in [5, 5.41) is 11.9. The molecule has 94 valence electrons. The van der Waals surface area contributed by atoms with Gasteiger partial charge in [-0.1, -0.05) is 27.7 Å². The zero-order valence-corrected chi connectivity index (χ0v) is 10.7. The van der Waals surface area contributed by atoms with E-state index in [2.05, 4.69) is 5.32 Å². The summed E-state index contributed by atoms with van der Waals surface area (Å²) in [6, 6.07) is 0. The summed E-state index contributed by atoms with van der Waals surface area (Å²) in [5.74, 6) is -1.18. The van der Waals surface area contributed by atoms with Crippen LogP contribution >= 0.6 is 0 Å². The van der Waals surface area contributed by atoms with Crippen LogP contribution in [0.1, 0.15) is 53.4 Å². The van der Waals surface area contributed by atoms with Gasteiger partial charge in [0, 0.05) is 5.92 Å². The van der Waals surface area contributed by atoms with Gasteiger partial charge < -0.3 is 10.4 Å². The van der Waals surface area contributed by atoms with E-state index in [0.717, 1.165) is 12.8 Å². The van der Waals surface area contributed by atoms with Crippen molar-refractivity contribution in [3.05, 3.63) is 0 Å². The van der Waals surface area contributed by atoms with Crippen LogP contribution in [0.5, 0.6) is 0 Å². The fourth-order valence-corrected chi connectivity index (χ4v) is 1.78. The molecule has 4 nitrogen and oxygen atoms in total. The molecule has 0 spiro atoms. The molecule has 0 aromatic rings. The molecule has 0 bridgehead atoms. The molecule has 0 saturated carbocycles. The van der Waals surface area contributed by atoms with E-state index in [-0.39, 0.29) is 11.8 Å². The second kappa shape index (κ2) is 6.51. The molecule has 0 aliphatic heterocycles. The Morgan fingerprint density at radius 3 is 1.81 bits per heavy atom. The molecule has 0 heterocycles. The Balaban J connectivity index is 4.76. The minimum Gasteiger partial charge on any atom is -0.480 e. The lowest BCUT2D eigenvalue weighted by molar-refractivity contribution is -0.148. The van der Waals surface area contributed by atoms with E-state index in [1.165, 1.54) is 0 Å². The van der Waals surface area contributed by atoms with Gasteiger partial charge in [-0.05, 0) is 25.7 Å². The molecular weight excluding hydrogens is 206 g/mol. The molecule has 2 N–H and O–H groups in total. The van der Waals surface area contributed by atoms with Gasteiger partial charge in [-0.25, -0.2) is 4.79 Å². The third kappa shape index (κ3) is 3.22. The quantitative estimate of drug-likeness (QED) is 0.703. The lowest BCUT2D eigenvalue weighted by atomic mass is 9.91. The highest BCUT2D eigenvalue weighted by molar-refractivity contribution is 5.87. The van der Waals surface area contributed by atoms with Crippen LogP contribution in [0.25, 0.3) is 0 Å². The number of amides is 1. The van der Waals surface area contributed by atoms with Gasteiger partial charge in [-0.2, -0.15) is 0 Å². The Bertz CT molecular complexity index is 243. The molecule has 0 rings (SSSR count). The first-order valence-corrected chi connectivity index (χ1v) is 6.02. The number of carbonyl (C=O) groups excluding carboxylic acids is 1. The van der Waals surface area contributed by atoms with E-state index in [1.54, 1.807) is 13.8 Å². The Labute approximate surface area is 97.4 Å². The van der Waals surface area contributed by atoms with E-state index in [4.69, 9.17) is 0 Å². The summed E-state index contributed by atoms with van der Waals surface area (Å²) in [4.78, 5) is 23.1. The van der Waals surface area contributed by atoms with E-state index >= 15 is 0 Å². The van der Waals surface area contributed by atoms with Crippen LogP contribution in [0, 0.1) is 5.92 Å². The Kier molecular flexibility index (Phi) is 6.08. The topological polar surface area (TPSA) is 66.4 Å². The smallest absolute Gasteiger partial charge is 0.329 e. The molecule has 1 amide bonds. The molecule has 0 radical (unpaired) electrons. The highest BCUT2D eigenvalue weighted by Gasteiger charge is 2.37. The third-order valence-corrected chi connectivity index (χ3v) is 3.34. The summed E-state index contributed by atoms with van der Waals surface area (Å²) >= 11 is 0. The molecule has 0 aromatic carbocycles. The summed E-state index contributed by atoms with van der Waals surface area (Å²) < 4.78 is 0. The predicted molar refractivity (Wildman–Crippen MR) is 63.2 cm³/mol. The fraction of sp³-hybridized carbons (Fsp3) is 0.833. The number of carboxylic acid groups (broad SMARTS) is 1. The Morgan fingerprint density at radius 2 is 1.56 bits per heavy atom. The first-order valence-electron chi connectivity index (χ1n) is 6.02. The number of hydrogen-bond donors (Lipinski definition) is 2. The molecule has 0 fully saturated rings. The zero-order valence-electron chi connectivity index (χ0n) is 10.7. The van der Waals surface area contributed by atoms with Crippen LogP contribution in [0.3, 0.4) is 0 Å². The summed E-state index contributed by atoms with van der Waals surface area (Å²) in [5.41, 5.74) is -1.10. The minimum absolute atomic E-state index is 0.0863. The molecule has 0 atom stereocenters. The molecule has 0 unspecified atom stereocenters. The Hall–Kier alpha value is -1.06. The van der Waals surface area contributed by atoms with Crippen molar-refractivity contribution in [2.24, 2.45) is 5.92 Å². The summed E-state index contributed by atoms with van der Waals surface area (Å²) in [6.45, 7) is 7.44. The second-order valence-corrected chi connectivity index (χ2v) is 4.10. The molecule has 4 heteroatoms. The number of nitrogens with one attached hydrogen (secondary N) is 1. The van der Waals surface area contributed by atoms with Gasteiger partial charge >= 0.3 is 5.97 Å². The highest BCUT2D eigenvalue weighted by Crippen LogP contribution is 2.18. The normalized spacial score (nSPS) is 11.6. The molecule has 0 aliphatic rings. The molecule has 16 heavy (non-hydrogen) atoms. The zero-order chi connectivity index (χ0) is 12.8. The standard InChI is InChI=1S/C12H23NO3/c1-5-9(6-2)10(14)13-12(7-3,8-4)11(15)16/h9H,5-8H2,1-4H3,(H,13,14)(H,15,16). The monoisotopic (exact) mass is 229 g/mol. The summed E-state index contributed by atoms with van der Waals surface area (Å²) in [6.07, 6.45) is 2.30. The van der Waals surface area contributed by atoms with Crippen molar-refractivity contribution in [3.8, 4) is 0 Å². The van der Waals surface area contributed by atoms with Crippen molar-refractivity contribution in [3.63, 3.8) is 0 Å². The first kappa shape index (κ1) is 14.9. The van der Waals surface area contributed by atoms with Crippen LogP contribution in [-0.2, 0) is 9.59 Å². The van der Waals surface area contributed by atoms with Crippen molar-refractivity contribution in [2.45, 2.75) is 58.9 Å². The van der Waals surface area contributed by atoms with E-state index in [9.17, 15) is 14.7 Å². The average molecular weight is 229 g/mol. The van der Waals surface area contributed by atoms with Crippen molar-refractivity contribution < 1.29 is 14.7 Å². The fourth-order valence-electron chi connectivity index (χ4n) is 1.78. The number of carboxylic acids is 1. The van der Waals surface area contributed by atoms with Crippen molar-refractivity contribution >= 4 is 11.9 Å². The maximum Gasteiger partial charge on any atom is 0.329 e. The van der Waals surface area contributed by atoms with Gasteiger partial charge in [-0.3, -0.25) is 4.79 Å². The molecular formula is C12H23NO3. The van der Waals surface area contributed by atoms with Crippen molar-refractivity contribution in [2.75, 3.05) is 0 Å². The predicted octanol–water partition coefficient (Wildman–Crippen LogP) is 2.18. The van der Waals surface area contributed by atoms with Crippen molar-refractivity contribution in [1.82, 2.24) is 5.32 Å². The number of aliphatic carboxylic acids is 1. The number of carbonyl (C=O) groups is 2. The maximum absolute atomic E-state index is 11.9. The second-order valence-electron chi connectivity index (χ2n) is 4.10. The number of hydrogen-bond acceptors (Lipinski definition) is 2. The van der Waals surface area contributed by atoms with Crippen LogP contribution in [0.2, 0.25) is 0 Å². The van der Waals surface area contributed by atoms with Gasteiger partial charge in [-0.15, -0.1) is 0 Å². The lowest BCUT2D eigenvalue weighted by Gasteiger charge is -2.29. The van der Waals surface area contributed by atoms with Gasteiger partial charge in [0.1, 0.15) is 5.54 Å². The number of rotatable bonds is 7. The SMILES string of the molecule is CCC(CC)C(=O)NC(CC)(CC)C(=O)O. The van der Waals surface area contributed by atoms with Crippen LogP contribution in [-0.4, -0.2) is 22.5 Å². The van der Waals surface area contributed by atoms with Gasteiger partial charge in [0.2, 0.25) is 5.91 Å². The Morgan fingerprint density at radius 1 is 1.12 bits per heavy atom. The van der Waals surface area contributed by atoms with Gasteiger partial charge in [0.05, 0.1) is 0 Å². The van der Waals surface area contributed by atoms with Gasteiger partial charge in [0.25, 0.3) is 0 Å². The van der Waals surface area contributed by atoms with Crippen molar-refractivity contribution in [1.29, 1.82) is 0 Å². The largest absolute Gasteiger partial charge is 0.480 e. The van der Waals surface area contributed by atoms with Crippen LogP contribution in [0.15, 0.2) is 0 Å². The summed E-state index contributed by atoms with van der Waals surface area (Å²) in [7, 11) is 0. The minimum atomic E-state index is -1.10. The maximum atomic E-state index is 11.9. The van der Waals surface area contributed by atoms with E-state index in [1.807, 2.05) is 13.8 Å². The highest BCUT2D eigenvalue weighted by atomic mass is 16.4. The molecule has 0 aromatic heterocycles. The van der Waals surface area contributed by atoms with Crippen LogP contribution in [0.4, 0.5) is 0 Å². The van der Waals surface area contributed by atoms with E-state index < -0.39 is 11.5 Å². The lowest BCUT2D eigenvalue weighted by Crippen LogP contribution is -2.55. The molecule has 0 saturated heterocycles. The third-order valence-electron chi connectivity index (χ3n) is 3.34. The average Bonchev–Trinajstić information content (AvgIpc) is 2.27. The van der Waals surface area contributed by atoms with Crippen LogP contribution < -0.4 is 5.32 Å². The van der Waals surface area contributed by atoms with Gasteiger partial charge in [0.15, 0.2) is 0 Å². The molecule has 0 aliphatic carbocycles. The first-order chi connectivity index (χ1) is 7.47. The van der Waals surface area contributed by atoms with E-state index in [0.29, 0.717) is 12.8 Å².